The lowest BCUT2D eigenvalue weighted by atomic mass is 9.96. The van der Waals surface area contributed by atoms with Crippen LogP contribution in [0.4, 0.5) is 8.78 Å². The molecule has 2 aromatic rings. The summed E-state index contributed by atoms with van der Waals surface area (Å²) in [5.74, 6) is -3.19. The Hall–Kier alpha value is -2.56. The first-order chi connectivity index (χ1) is 11.2. The molecule has 0 fully saturated rings. The summed E-state index contributed by atoms with van der Waals surface area (Å²) in [7, 11) is 0. The number of benzene rings is 2. The molecule has 1 atom stereocenters. The van der Waals surface area contributed by atoms with E-state index in [1.54, 1.807) is 13.0 Å². The second kappa shape index (κ2) is 6.91. The molecule has 0 saturated carbocycles. The molecule has 0 N–H and O–H groups in total. The zero-order valence-corrected chi connectivity index (χ0v) is 13.9. The molecule has 0 unspecified atom stereocenters. The lowest BCUT2D eigenvalue weighted by Crippen LogP contribution is -2.25. The fourth-order valence-corrected chi connectivity index (χ4v) is 2.38. The minimum atomic E-state index is -1.08. The van der Waals surface area contributed by atoms with Crippen LogP contribution in [0.3, 0.4) is 0 Å². The quantitative estimate of drug-likeness (QED) is 0.619. The fourth-order valence-electron chi connectivity index (χ4n) is 2.38. The molecule has 0 amide bonds. The highest BCUT2D eigenvalue weighted by molar-refractivity contribution is 6.02. The van der Waals surface area contributed by atoms with Gasteiger partial charge >= 0.3 is 5.97 Å². The summed E-state index contributed by atoms with van der Waals surface area (Å²) in [6, 6.07) is 6.17. The van der Waals surface area contributed by atoms with Crippen LogP contribution in [0.15, 0.2) is 30.3 Å². The van der Waals surface area contributed by atoms with Gasteiger partial charge in [-0.1, -0.05) is 6.07 Å². The molecule has 126 valence electrons. The predicted octanol–water partition coefficient (Wildman–Crippen LogP) is 4.32. The van der Waals surface area contributed by atoms with Gasteiger partial charge < -0.3 is 4.74 Å². The fraction of sp³-hybridized carbons (Fsp3) is 0.263. The first-order valence-electron chi connectivity index (χ1n) is 7.48. The number of carbonyl (C=O) groups excluding carboxylic acids is 2. The van der Waals surface area contributed by atoms with Gasteiger partial charge in [-0.15, -0.1) is 0 Å². The van der Waals surface area contributed by atoms with Crippen LogP contribution in [0.2, 0.25) is 0 Å². The molecule has 0 heterocycles. The van der Waals surface area contributed by atoms with Crippen molar-refractivity contribution in [3.8, 4) is 0 Å². The minimum absolute atomic E-state index is 0.369. The van der Waals surface area contributed by atoms with Gasteiger partial charge in [0.05, 0.1) is 5.56 Å². The van der Waals surface area contributed by atoms with E-state index < -0.39 is 29.3 Å². The van der Waals surface area contributed by atoms with E-state index in [4.69, 9.17) is 4.74 Å². The van der Waals surface area contributed by atoms with Crippen molar-refractivity contribution in [3.05, 3.63) is 69.8 Å². The van der Waals surface area contributed by atoms with Crippen molar-refractivity contribution in [1.82, 2.24) is 0 Å². The van der Waals surface area contributed by atoms with Crippen LogP contribution in [0.5, 0.6) is 0 Å². The Morgan fingerprint density at radius 2 is 1.54 bits per heavy atom. The lowest BCUT2D eigenvalue weighted by Gasteiger charge is -2.15. The van der Waals surface area contributed by atoms with E-state index in [0.717, 1.165) is 28.8 Å². The number of carbonyl (C=O) groups is 2. The monoisotopic (exact) mass is 332 g/mol. The topological polar surface area (TPSA) is 43.4 Å². The maximum Gasteiger partial charge on any atom is 0.341 e. The van der Waals surface area contributed by atoms with Gasteiger partial charge in [-0.05, 0) is 62.6 Å². The average molecular weight is 332 g/mol. The molecule has 3 nitrogen and oxygen atoms in total. The van der Waals surface area contributed by atoms with Crippen molar-refractivity contribution < 1.29 is 23.1 Å². The third kappa shape index (κ3) is 3.67. The van der Waals surface area contributed by atoms with Crippen LogP contribution >= 0.6 is 0 Å². The average Bonchev–Trinajstić information content (AvgIpc) is 2.49. The van der Waals surface area contributed by atoms with Gasteiger partial charge in [0, 0.05) is 11.6 Å². The smallest absolute Gasteiger partial charge is 0.341 e. The lowest BCUT2D eigenvalue weighted by molar-refractivity contribution is 0.0314. The number of hydrogen-bond donors (Lipinski definition) is 0. The number of rotatable bonds is 4. The summed E-state index contributed by atoms with van der Waals surface area (Å²) in [5, 5.41) is 0. The highest BCUT2D eigenvalue weighted by atomic mass is 19.1. The Morgan fingerprint density at radius 3 is 2.17 bits per heavy atom. The molecule has 0 spiro atoms. The van der Waals surface area contributed by atoms with Crippen LogP contribution in [-0.2, 0) is 4.74 Å². The van der Waals surface area contributed by atoms with Crippen LogP contribution in [-0.4, -0.2) is 17.9 Å². The zero-order chi connectivity index (χ0) is 18.0. The van der Waals surface area contributed by atoms with Crippen molar-refractivity contribution >= 4 is 11.8 Å². The number of ether oxygens (including phenoxy) is 1. The van der Waals surface area contributed by atoms with Crippen molar-refractivity contribution in [2.75, 3.05) is 0 Å². The Morgan fingerprint density at radius 1 is 0.917 bits per heavy atom. The second-order valence-corrected chi connectivity index (χ2v) is 5.79. The molecule has 0 aliphatic heterocycles. The molecule has 0 aromatic heterocycles. The molecule has 24 heavy (non-hydrogen) atoms. The maximum atomic E-state index is 13.6. The number of aryl methyl sites for hydroxylation is 3. The summed E-state index contributed by atoms with van der Waals surface area (Å²) >= 11 is 0. The molecular formula is C19H18F2O3. The SMILES string of the molecule is Cc1cc(C)c(C(=O)[C@@H](C)OC(=O)c2ccc(F)cc2F)cc1C. The van der Waals surface area contributed by atoms with Crippen LogP contribution in [0.25, 0.3) is 0 Å². The van der Waals surface area contributed by atoms with Gasteiger partial charge in [0.25, 0.3) is 0 Å². The van der Waals surface area contributed by atoms with E-state index in [2.05, 4.69) is 0 Å². The molecule has 5 heteroatoms. The normalized spacial score (nSPS) is 11.9. The van der Waals surface area contributed by atoms with Gasteiger partial charge in [0.15, 0.2) is 6.10 Å². The van der Waals surface area contributed by atoms with Crippen molar-refractivity contribution in [1.29, 1.82) is 0 Å². The molecule has 2 rings (SSSR count). The summed E-state index contributed by atoms with van der Waals surface area (Å²) in [5.41, 5.74) is 2.83. The van der Waals surface area contributed by atoms with Gasteiger partial charge in [0.2, 0.25) is 5.78 Å². The van der Waals surface area contributed by atoms with E-state index in [1.165, 1.54) is 6.92 Å². The van der Waals surface area contributed by atoms with Crippen LogP contribution < -0.4 is 0 Å². The van der Waals surface area contributed by atoms with E-state index in [1.807, 2.05) is 19.9 Å². The van der Waals surface area contributed by atoms with Crippen LogP contribution in [0, 0.1) is 32.4 Å². The molecule has 0 bridgehead atoms. The highest BCUT2D eigenvalue weighted by Crippen LogP contribution is 2.19. The number of halogens is 2. The number of esters is 1. The molecule has 2 aromatic carbocycles. The second-order valence-electron chi connectivity index (χ2n) is 5.79. The van der Waals surface area contributed by atoms with E-state index in [9.17, 15) is 18.4 Å². The highest BCUT2D eigenvalue weighted by Gasteiger charge is 2.23. The summed E-state index contributed by atoms with van der Waals surface area (Å²) in [6.07, 6.45) is -1.08. The van der Waals surface area contributed by atoms with Gasteiger partial charge in [-0.25, -0.2) is 13.6 Å². The summed E-state index contributed by atoms with van der Waals surface area (Å²) in [6.45, 7) is 7.05. The Kier molecular flexibility index (Phi) is 5.12. The molecule has 0 aliphatic carbocycles. The van der Waals surface area contributed by atoms with Gasteiger partial charge in [0.1, 0.15) is 11.6 Å². The standard InChI is InChI=1S/C19H18F2O3/c1-10-7-12(3)16(8-11(10)2)18(22)13(4)24-19(23)15-6-5-14(20)9-17(15)21/h5-9,13H,1-4H3/t13-/m1/s1. The Labute approximate surface area is 139 Å². The number of ketones is 1. The van der Waals surface area contributed by atoms with Crippen molar-refractivity contribution in [2.45, 2.75) is 33.8 Å². The summed E-state index contributed by atoms with van der Waals surface area (Å²) < 4.78 is 31.6. The maximum absolute atomic E-state index is 13.6. The summed E-state index contributed by atoms with van der Waals surface area (Å²) in [4.78, 5) is 24.5. The molecule has 0 saturated heterocycles. The minimum Gasteiger partial charge on any atom is -0.451 e. The van der Waals surface area contributed by atoms with Crippen molar-refractivity contribution in [3.63, 3.8) is 0 Å². The Bertz CT molecular complexity index is 812. The number of hydrogen-bond acceptors (Lipinski definition) is 3. The van der Waals surface area contributed by atoms with E-state index in [-0.39, 0.29) is 5.78 Å². The molecule has 0 radical (unpaired) electrons. The number of Topliss-reactive ketones (excluding diaryl/α,β-unsaturated/α-hetero) is 1. The first kappa shape index (κ1) is 17.8. The van der Waals surface area contributed by atoms with Crippen molar-refractivity contribution in [2.24, 2.45) is 0 Å². The zero-order valence-electron chi connectivity index (χ0n) is 13.9. The van der Waals surface area contributed by atoms with Crippen LogP contribution in [0.1, 0.15) is 44.3 Å². The van der Waals surface area contributed by atoms with E-state index in [0.29, 0.717) is 11.6 Å². The third-order valence-electron chi connectivity index (χ3n) is 3.91. The Balaban J connectivity index is 2.20. The molecule has 0 aliphatic rings. The van der Waals surface area contributed by atoms with E-state index >= 15 is 0 Å². The first-order valence-corrected chi connectivity index (χ1v) is 7.48. The van der Waals surface area contributed by atoms with Gasteiger partial charge in [-0.2, -0.15) is 0 Å². The molecular weight excluding hydrogens is 314 g/mol. The van der Waals surface area contributed by atoms with Gasteiger partial charge in [-0.3, -0.25) is 4.79 Å². The predicted molar refractivity (Wildman–Crippen MR) is 86.2 cm³/mol. The third-order valence-corrected chi connectivity index (χ3v) is 3.91. The largest absolute Gasteiger partial charge is 0.451 e.